The van der Waals surface area contributed by atoms with Crippen LogP contribution in [-0.4, -0.2) is 11.7 Å². The zero-order valence-corrected chi connectivity index (χ0v) is 30.8. The third-order valence-electron chi connectivity index (χ3n) is 11.3. The Kier molecular flexibility index (Phi) is 6.83. The lowest BCUT2D eigenvalue weighted by Crippen LogP contribution is -2.33. The Labute approximate surface area is 325 Å². The zero-order chi connectivity index (χ0) is 36.7. The summed E-state index contributed by atoms with van der Waals surface area (Å²) in [5, 5.41) is 16.0. The topological polar surface area (TPSA) is 49.9 Å². The van der Waals surface area contributed by atoms with E-state index in [9.17, 15) is 0 Å². The van der Waals surface area contributed by atoms with E-state index in [1.165, 1.54) is 63.6 Å². The summed E-state index contributed by atoms with van der Waals surface area (Å²) in [6.07, 6.45) is -0.301. The van der Waals surface area contributed by atoms with E-state index in [1.54, 1.807) is 0 Å². The molecule has 4 nitrogen and oxygen atoms in total. The van der Waals surface area contributed by atoms with Crippen LogP contribution in [0.2, 0.25) is 0 Å². The van der Waals surface area contributed by atoms with Gasteiger partial charge in [0.25, 0.3) is 0 Å². The molecule has 11 aromatic rings. The number of benzene rings is 9. The minimum atomic E-state index is -0.301. The molecule has 9 aromatic carbocycles. The van der Waals surface area contributed by atoms with Crippen LogP contribution in [0.3, 0.4) is 0 Å². The van der Waals surface area contributed by atoms with Crippen molar-refractivity contribution in [1.29, 1.82) is 0 Å². The third-order valence-corrected chi connectivity index (χ3v) is 12.5. The highest BCUT2D eigenvalue weighted by Crippen LogP contribution is 2.41. The van der Waals surface area contributed by atoms with E-state index in [0.29, 0.717) is 5.84 Å². The first kappa shape index (κ1) is 31.3. The van der Waals surface area contributed by atoms with Gasteiger partial charge in [-0.15, -0.1) is 11.3 Å². The lowest BCUT2D eigenvalue weighted by Gasteiger charge is -2.24. The molecule has 3 heterocycles. The van der Waals surface area contributed by atoms with Crippen LogP contribution >= 0.6 is 11.3 Å². The first-order valence-corrected chi connectivity index (χ1v) is 19.7. The summed E-state index contributed by atoms with van der Waals surface area (Å²) in [5.41, 5.74) is 7.18. The van der Waals surface area contributed by atoms with E-state index in [4.69, 9.17) is 14.4 Å². The van der Waals surface area contributed by atoms with Gasteiger partial charge in [-0.25, -0.2) is 9.98 Å². The van der Waals surface area contributed by atoms with E-state index in [0.717, 1.165) is 44.5 Å². The molecule has 0 spiro atoms. The highest BCUT2D eigenvalue weighted by molar-refractivity contribution is 7.25. The van der Waals surface area contributed by atoms with Gasteiger partial charge in [-0.3, -0.25) is 0 Å². The molecular formula is C51H31N3OS. The fourth-order valence-corrected chi connectivity index (χ4v) is 9.80. The second-order valence-corrected chi connectivity index (χ2v) is 15.6. The Morgan fingerprint density at radius 3 is 1.84 bits per heavy atom. The number of hydrogen-bond donors (Lipinski definition) is 1. The quantitative estimate of drug-likeness (QED) is 0.183. The van der Waals surface area contributed by atoms with Crippen molar-refractivity contribution in [3.63, 3.8) is 0 Å². The maximum absolute atomic E-state index is 6.26. The largest absolute Gasteiger partial charge is 0.456 e. The van der Waals surface area contributed by atoms with Crippen LogP contribution in [0.4, 0.5) is 0 Å². The average Bonchev–Trinajstić information content (AvgIpc) is 3.84. The molecule has 1 aliphatic rings. The van der Waals surface area contributed by atoms with Crippen LogP contribution in [0.25, 0.3) is 85.6 Å². The molecule has 5 heteroatoms. The van der Waals surface area contributed by atoms with E-state index in [2.05, 4.69) is 151 Å². The molecule has 1 N–H and O–H groups in total. The van der Waals surface area contributed by atoms with Crippen LogP contribution in [0, 0.1) is 0 Å². The Hall–Kier alpha value is -7.08. The number of nitrogens with zero attached hydrogens (tertiary/aromatic N) is 2. The molecule has 0 saturated heterocycles. The Balaban J connectivity index is 0.976. The van der Waals surface area contributed by atoms with Gasteiger partial charge in [0.15, 0.2) is 5.84 Å². The summed E-state index contributed by atoms with van der Waals surface area (Å²) in [6.45, 7) is 0. The summed E-state index contributed by atoms with van der Waals surface area (Å²) in [6, 6.07) is 62.8. The predicted octanol–water partition coefficient (Wildman–Crippen LogP) is 13.6. The number of amidine groups is 2. The SMILES string of the molecule is c1ccc(C2N=C(c3ccc4c(c3)sc3ccc(-c5ccc6c7ccccc7c7ccccc7c6c5)cc34)N=C(c3cccc4oc5ccccc5c34)N2)cc1. The van der Waals surface area contributed by atoms with Crippen molar-refractivity contribution >= 4 is 97.4 Å². The molecule has 2 aromatic heterocycles. The first-order valence-electron chi connectivity index (χ1n) is 18.9. The van der Waals surface area contributed by atoms with Crippen LogP contribution in [-0.2, 0) is 0 Å². The van der Waals surface area contributed by atoms with Crippen LogP contribution < -0.4 is 5.32 Å². The van der Waals surface area contributed by atoms with Gasteiger partial charge in [0.05, 0.1) is 0 Å². The smallest absolute Gasteiger partial charge is 0.159 e. The molecule has 1 atom stereocenters. The number of hydrogen-bond acceptors (Lipinski definition) is 5. The average molecular weight is 734 g/mol. The van der Waals surface area contributed by atoms with Gasteiger partial charge in [-0.2, -0.15) is 0 Å². The van der Waals surface area contributed by atoms with Gasteiger partial charge in [0.2, 0.25) is 0 Å². The van der Waals surface area contributed by atoms with Crippen molar-refractivity contribution in [3.05, 3.63) is 193 Å². The zero-order valence-electron chi connectivity index (χ0n) is 30.0. The van der Waals surface area contributed by atoms with Gasteiger partial charge in [-0.1, -0.05) is 140 Å². The summed E-state index contributed by atoms with van der Waals surface area (Å²) in [7, 11) is 0. The van der Waals surface area contributed by atoms with Crippen molar-refractivity contribution in [2.24, 2.45) is 9.98 Å². The molecule has 0 aliphatic carbocycles. The second-order valence-electron chi connectivity index (χ2n) is 14.5. The van der Waals surface area contributed by atoms with E-state index < -0.39 is 0 Å². The molecule has 262 valence electrons. The molecule has 0 fully saturated rings. The van der Waals surface area contributed by atoms with Crippen molar-refractivity contribution in [2.75, 3.05) is 0 Å². The number of thiophene rings is 1. The molecule has 0 radical (unpaired) electrons. The fourth-order valence-electron chi connectivity index (χ4n) is 8.68. The summed E-state index contributed by atoms with van der Waals surface area (Å²) in [5.74, 6) is 1.48. The van der Waals surface area contributed by atoms with Gasteiger partial charge >= 0.3 is 0 Å². The number of furan rings is 1. The molecule has 1 unspecified atom stereocenters. The molecule has 56 heavy (non-hydrogen) atoms. The minimum absolute atomic E-state index is 0.301. The molecule has 0 saturated carbocycles. The number of aliphatic imine (C=N–C) groups is 2. The normalized spacial score (nSPS) is 14.6. The number of nitrogens with one attached hydrogen (secondary N) is 1. The summed E-state index contributed by atoms with van der Waals surface area (Å²) < 4.78 is 8.73. The first-order chi connectivity index (χ1) is 27.7. The maximum atomic E-state index is 6.26. The lowest BCUT2D eigenvalue weighted by molar-refractivity contribution is 0.667. The highest BCUT2D eigenvalue weighted by atomic mass is 32.1. The maximum Gasteiger partial charge on any atom is 0.159 e. The summed E-state index contributed by atoms with van der Waals surface area (Å²) >= 11 is 1.82. The van der Waals surface area contributed by atoms with Crippen molar-refractivity contribution in [2.45, 2.75) is 6.17 Å². The fraction of sp³-hybridized carbons (Fsp3) is 0.0196. The standard InChI is InChI=1S/C51H31N3OS/c1-2-11-30(12-3-1)49-52-50(54-51(53-49)41-18-10-20-45-48(41)40-17-8-9-19-44(40)55-45)33-22-25-39-43-28-32(23-26-46(43)56-47(39)29-33)31-21-24-38-36-15-5-4-13-34(36)35-14-6-7-16-37(35)42(38)27-31/h1-29,49H,(H,52,53,54). The van der Waals surface area contributed by atoms with Gasteiger partial charge in [0.1, 0.15) is 23.2 Å². The Morgan fingerprint density at radius 1 is 0.446 bits per heavy atom. The van der Waals surface area contributed by atoms with E-state index in [-0.39, 0.29) is 6.17 Å². The molecule has 0 amide bonds. The van der Waals surface area contributed by atoms with Crippen molar-refractivity contribution in [3.8, 4) is 11.1 Å². The number of fused-ring (bicyclic) bond motifs is 12. The van der Waals surface area contributed by atoms with Crippen molar-refractivity contribution < 1.29 is 4.42 Å². The molecule has 12 rings (SSSR count). The Bertz CT molecular complexity index is 3430. The van der Waals surface area contributed by atoms with Gasteiger partial charge in [-0.05, 0) is 85.4 Å². The lowest BCUT2D eigenvalue weighted by atomic mass is 9.92. The second kappa shape index (κ2) is 12.2. The van der Waals surface area contributed by atoms with Crippen molar-refractivity contribution in [1.82, 2.24) is 5.32 Å². The summed E-state index contributed by atoms with van der Waals surface area (Å²) in [4.78, 5) is 10.4. The van der Waals surface area contributed by atoms with Gasteiger partial charge in [0, 0.05) is 42.1 Å². The van der Waals surface area contributed by atoms with E-state index >= 15 is 0 Å². The van der Waals surface area contributed by atoms with E-state index in [1.807, 2.05) is 41.7 Å². The highest BCUT2D eigenvalue weighted by Gasteiger charge is 2.24. The van der Waals surface area contributed by atoms with Gasteiger partial charge < -0.3 is 9.73 Å². The molecule has 1 aliphatic heterocycles. The Morgan fingerprint density at radius 2 is 1.05 bits per heavy atom. The predicted molar refractivity (Wildman–Crippen MR) is 236 cm³/mol. The minimum Gasteiger partial charge on any atom is -0.456 e. The van der Waals surface area contributed by atoms with Crippen LogP contribution in [0.1, 0.15) is 22.9 Å². The third kappa shape index (κ3) is 4.84. The van der Waals surface area contributed by atoms with Crippen LogP contribution in [0.15, 0.2) is 190 Å². The monoisotopic (exact) mass is 733 g/mol. The number of para-hydroxylation sites is 1. The number of rotatable bonds is 4. The van der Waals surface area contributed by atoms with Crippen LogP contribution in [0.5, 0.6) is 0 Å². The molecule has 0 bridgehead atoms. The molecular weight excluding hydrogens is 703 g/mol.